The van der Waals surface area contributed by atoms with Gasteiger partial charge < -0.3 is 15.0 Å². The van der Waals surface area contributed by atoms with E-state index in [1.807, 2.05) is 43.3 Å². The highest BCUT2D eigenvalue weighted by Gasteiger charge is 2.33. The first-order chi connectivity index (χ1) is 19.4. The smallest absolute Gasteiger partial charge is 0.251 e. The number of pyridine rings is 3. The number of ether oxygens (including phenoxy) is 1. The number of carbonyl (C=O) groups excluding carboxylic acids is 1. The van der Waals surface area contributed by atoms with Crippen molar-refractivity contribution in [2.75, 3.05) is 26.7 Å². The highest BCUT2D eigenvalue weighted by atomic mass is 16.5. The number of nitrogens with one attached hydrogen (secondary N) is 1. The maximum absolute atomic E-state index is 13.0. The molecule has 1 amide bonds. The monoisotopic (exact) mass is 532 g/mol. The van der Waals surface area contributed by atoms with E-state index in [1.165, 1.54) is 0 Å². The standard InChI is InChI=1S/C32H32N6O2/c1-32(19-33)20-40-18-24-7-6-22(14-26(24)32)31(39)35-17-25-15-30-23(16-34-25)8-9-29(37-30)28-5-3-4-27(36-28)21-10-12-38(2)13-11-21/h3-9,14-16,21H,10-13,17-18,20H2,1-2H3,(H,35,39)/t32-/m1/s1. The van der Waals surface area contributed by atoms with E-state index in [1.54, 1.807) is 12.3 Å². The van der Waals surface area contributed by atoms with Gasteiger partial charge in [-0.15, -0.1) is 0 Å². The number of carbonyl (C=O) groups is 1. The highest BCUT2D eigenvalue weighted by Crippen LogP contribution is 2.33. The second-order valence-corrected chi connectivity index (χ2v) is 11.1. The Balaban J connectivity index is 1.18. The molecule has 1 aromatic carbocycles. The molecule has 2 aliphatic rings. The van der Waals surface area contributed by atoms with E-state index in [2.05, 4.69) is 40.5 Å². The molecule has 0 aliphatic carbocycles. The van der Waals surface area contributed by atoms with E-state index in [0.717, 1.165) is 65.0 Å². The summed E-state index contributed by atoms with van der Waals surface area (Å²) in [5.74, 6) is 0.265. The first-order valence-corrected chi connectivity index (χ1v) is 13.7. The van der Waals surface area contributed by atoms with Crippen molar-refractivity contribution in [1.29, 1.82) is 5.26 Å². The van der Waals surface area contributed by atoms with E-state index in [-0.39, 0.29) is 12.5 Å². The molecule has 1 atom stereocenters. The predicted octanol–water partition coefficient (Wildman–Crippen LogP) is 4.74. The Morgan fingerprint density at radius 3 is 2.77 bits per heavy atom. The number of piperidine rings is 1. The molecule has 6 rings (SSSR count). The number of hydrogen-bond acceptors (Lipinski definition) is 7. The molecule has 0 saturated carbocycles. The fourth-order valence-electron chi connectivity index (χ4n) is 5.59. The molecule has 1 N–H and O–H groups in total. The van der Waals surface area contributed by atoms with E-state index < -0.39 is 5.41 Å². The first-order valence-electron chi connectivity index (χ1n) is 13.7. The highest BCUT2D eigenvalue weighted by molar-refractivity contribution is 5.94. The third kappa shape index (κ3) is 5.18. The van der Waals surface area contributed by atoms with Gasteiger partial charge in [-0.25, -0.2) is 4.98 Å². The summed E-state index contributed by atoms with van der Waals surface area (Å²) in [6.07, 6.45) is 4.03. The van der Waals surface area contributed by atoms with Crippen LogP contribution in [-0.4, -0.2) is 52.5 Å². The van der Waals surface area contributed by atoms with Crippen LogP contribution < -0.4 is 5.32 Å². The SMILES string of the molecule is CN1CCC(c2cccc(-c3ccc4cnc(CNC(=O)c5ccc6c(c5)[C@](C)(C#N)COC6)cc4n3)n2)CC1. The van der Waals surface area contributed by atoms with Crippen LogP contribution in [0.15, 0.2) is 60.8 Å². The van der Waals surface area contributed by atoms with Crippen molar-refractivity contribution >= 4 is 16.8 Å². The number of hydrogen-bond donors (Lipinski definition) is 1. The average Bonchev–Trinajstić information content (AvgIpc) is 3.00. The van der Waals surface area contributed by atoms with Gasteiger partial charge in [0.1, 0.15) is 5.41 Å². The Labute approximate surface area is 234 Å². The van der Waals surface area contributed by atoms with Gasteiger partial charge in [0, 0.05) is 28.8 Å². The van der Waals surface area contributed by atoms with Crippen LogP contribution in [0.4, 0.5) is 0 Å². The lowest BCUT2D eigenvalue weighted by Gasteiger charge is -2.30. The molecule has 1 fully saturated rings. The van der Waals surface area contributed by atoms with Gasteiger partial charge in [0.15, 0.2) is 0 Å². The number of amides is 1. The molecule has 0 bridgehead atoms. The van der Waals surface area contributed by atoms with Crippen LogP contribution in [0.25, 0.3) is 22.3 Å². The lowest BCUT2D eigenvalue weighted by molar-refractivity contribution is 0.0757. The molecule has 5 heterocycles. The van der Waals surface area contributed by atoms with Gasteiger partial charge in [-0.1, -0.05) is 12.1 Å². The molecule has 4 aromatic rings. The third-order valence-electron chi connectivity index (χ3n) is 8.09. The Morgan fingerprint density at radius 1 is 1.12 bits per heavy atom. The largest absolute Gasteiger partial charge is 0.375 e. The maximum atomic E-state index is 13.0. The molecule has 0 spiro atoms. The van der Waals surface area contributed by atoms with Crippen molar-refractivity contribution in [1.82, 2.24) is 25.2 Å². The minimum Gasteiger partial charge on any atom is -0.375 e. The number of rotatable bonds is 5. The number of benzene rings is 1. The van der Waals surface area contributed by atoms with Crippen LogP contribution in [0.2, 0.25) is 0 Å². The summed E-state index contributed by atoms with van der Waals surface area (Å²) in [5.41, 5.74) is 5.88. The second-order valence-electron chi connectivity index (χ2n) is 11.1. The molecule has 0 radical (unpaired) electrons. The van der Waals surface area contributed by atoms with Gasteiger partial charge in [0.05, 0.1) is 48.4 Å². The van der Waals surface area contributed by atoms with E-state index in [4.69, 9.17) is 14.7 Å². The van der Waals surface area contributed by atoms with E-state index in [0.29, 0.717) is 30.4 Å². The summed E-state index contributed by atoms with van der Waals surface area (Å²) in [6, 6.07) is 19.9. The predicted molar refractivity (Wildman–Crippen MR) is 152 cm³/mol. The van der Waals surface area contributed by atoms with Crippen molar-refractivity contribution < 1.29 is 9.53 Å². The van der Waals surface area contributed by atoms with Crippen LogP contribution in [-0.2, 0) is 23.3 Å². The Morgan fingerprint density at radius 2 is 1.95 bits per heavy atom. The Hall–Kier alpha value is -4.19. The van der Waals surface area contributed by atoms with Crippen LogP contribution >= 0.6 is 0 Å². The van der Waals surface area contributed by atoms with Gasteiger partial charge in [-0.3, -0.25) is 14.8 Å². The first kappa shape index (κ1) is 26.1. The van der Waals surface area contributed by atoms with E-state index >= 15 is 0 Å². The van der Waals surface area contributed by atoms with Crippen molar-refractivity contribution in [3.8, 4) is 17.5 Å². The Bertz CT molecular complexity index is 1620. The molecule has 40 heavy (non-hydrogen) atoms. The van der Waals surface area contributed by atoms with Crippen LogP contribution in [0.1, 0.15) is 58.6 Å². The van der Waals surface area contributed by atoms with Gasteiger partial charge in [0.25, 0.3) is 5.91 Å². The second kappa shape index (κ2) is 10.8. The number of likely N-dealkylation sites (tertiary alicyclic amines) is 1. The molecule has 0 unspecified atom stereocenters. The zero-order valence-electron chi connectivity index (χ0n) is 22.9. The molecule has 2 aliphatic heterocycles. The summed E-state index contributed by atoms with van der Waals surface area (Å²) in [7, 11) is 2.17. The van der Waals surface area contributed by atoms with Crippen molar-refractivity contribution in [2.24, 2.45) is 0 Å². The third-order valence-corrected chi connectivity index (χ3v) is 8.09. The summed E-state index contributed by atoms with van der Waals surface area (Å²) >= 11 is 0. The normalized spacial score (nSPS) is 19.6. The molecular formula is C32H32N6O2. The minimum absolute atomic E-state index is 0.215. The van der Waals surface area contributed by atoms with Gasteiger partial charge in [-0.2, -0.15) is 5.26 Å². The van der Waals surface area contributed by atoms with Gasteiger partial charge >= 0.3 is 0 Å². The summed E-state index contributed by atoms with van der Waals surface area (Å²) in [6.45, 7) is 5.06. The summed E-state index contributed by atoms with van der Waals surface area (Å²) in [4.78, 5) is 29.8. The number of aromatic nitrogens is 3. The van der Waals surface area contributed by atoms with Gasteiger partial charge in [-0.05, 0) is 93.5 Å². The zero-order valence-corrected chi connectivity index (χ0v) is 22.9. The molecule has 8 heteroatoms. The molecular weight excluding hydrogens is 500 g/mol. The van der Waals surface area contributed by atoms with Crippen molar-refractivity contribution in [3.63, 3.8) is 0 Å². The minimum atomic E-state index is -0.769. The van der Waals surface area contributed by atoms with Gasteiger partial charge in [0.2, 0.25) is 0 Å². The average molecular weight is 533 g/mol. The zero-order chi connectivity index (χ0) is 27.7. The molecule has 202 valence electrons. The Kier molecular flexibility index (Phi) is 7.01. The topological polar surface area (TPSA) is 104 Å². The fraction of sp³-hybridized carbons (Fsp3) is 0.344. The molecule has 3 aromatic heterocycles. The van der Waals surface area contributed by atoms with Crippen LogP contribution in [0, 0.1) is 11.3 Å². The molecule has 1 saturated heterocycles. The summed E-state index contributed by atoms with van der Waals surface area (Å²) < 4.78 is 5.57. The van der Waals surface area contributed by atoms with Crippen LogP contribution in [0.5, 0.6) is 0 Å². The lowest BCUT2D eigenvalue weighted by Crippen LogP contribution is -2.33. The van der Waals surface area contributed by atoms with Crippen molar-refractivity contribution in [2.45, 2.75) is 44.2 Å². The van der Waals surface area contributed by atoms with Crippen LogP contribution in [0.3, 0.4) is 0 Å². The van der Waals surface area contributed by atoms with E-state index in [9.17, 15) is 10.1 Å². The number of nitriles is 1. The lowest BCUT2D eigenvalue weighted by atomic mass is 9.79. The number of nitrogens with zero attached hydrogens (tertiary/aromatic N) is 5. The quantitative estimate of drug-likeness (QED) is 0.396. The summed E-state index contributed by atoms with van der Waals surface area (Å²) in [5, 5.41) is 13.6. The number of fused-ring (bicyclic) bond motifs is 2. The molecule has 8 nitrogen and oxygen atoms in total. The fourth-order valence-corrected chi connectivity index (χ4v) is 5.59. The van der Waals surface area contributed by atoms with Crippen molar-refractivity contribution in [3.05, 3.63) is 88.9 Å². The maximum Gasteiger partial charge on any atom is 0.251 e.